The van der Waals surface area contributed by atoms with Crippen LogP contribution in [-0.4, -0.2) is 17.0 Å². The molecule has 0 aliphatic carbocycles. The molecular formula is C16H18N4O. The van der Waals surface area contributed by atoms with Crippen molar-refractivity contribution in [1.29, 1.82) is 5.26 Å². The zero-order valence-corrected chi connectivity index (χ0v) is 12.5. The molecule has 0 spiro atoms. The van der Waals surface area contributed by atoms with Crippen molar-refractivity contribution in [1.82, 2.24) is 9.97 Å². The van der Waals surface area contributed by atoms with Crippen LogP contribution < -0.4 is 10.1 Å². The fourth-order valence-corrected chi connectivity index (χ4v) is 1.93. The largest absolute Gasteiger partial charge is 0.439 e. The first kappa shape index (κ1) is 14.8. The minimum absolute atomic E-state index is 0.544. The maximum atomic E-state index is 8.81. The third-order valence-corrected chi connectivity index (χ3v) is 3.06. The summed E-state index contributed by atoms with van der Waals surface area (Å²) in [6.07, 6.45) is 1.78. The standard InChI is InChI=1S/C16H18N4O/c1-4-5-14-19-15(18-3)11(2)16(20-14)21-13-8-6-12(10-17)7-9-13/h6-9H,4-5H2,1-3H3,(H,18,19,20). The molecule has 21 heavy (non-hydrogen) atoms. The van der Waals surface area contributed by atoms with Gasteiger partial charge in [-0.3, -0.25) is 0 Å². The fourth-order valence-electron chi connectivity index (χ4n) is 1.93. The normalized spacial score (nSPS) is 10.0. The number of rotatable bonds is 5. The van der Waals surface area contributed by atoms with Gasteiger partial charge in [0.25, 0.3) is 0 Å². The second kappa shape index (κ2) is 6.71. The molecule has 5 heteroatoms. The van der Waals surface area contributed by atoms with Crippen molar-refractivity contribution in [3.05, 3.63) is 41.2 Å². The van der Waals surface area contributed by atoms with Crippen LogP contribution >= 0.6 is 0 Å². The Hall–Kier alpha value is -2.61. The number of anilines is 1. The molecule has 0 radical (unpaired) electrons. The average molecular weight is 282 g/mol. The molecule has 1 aromatic heterocycles. The Labute approximate surface area is 124 Å². The van der Waals surface area contributed by atoms with Crippen LogP contribution in [0.2, 0.25) is 0 Å². The third-order valence-electron chi connectivity index (χ3n) is 3.06. The van der Waals surface area contributed by atoms with Crippen molar-refractivity contribution in [2.75, 3.05) is 12.4 Å². The minimum atomic E-state index is 0.544. The fraction of sp³-hybridized carbons (Fsp3) is 0.312. The second-order valence-corrected chi connectivity index (χ2v) is 4.66. The zero-order valence-electron chi connectivity index (χ0n) is 12.5. The highest BCUT2D eigenvalue weighted by molar-refractivity contribution is 5.49. The van der Waals surface area contributed by atoms with Crippen molar-refractivity contribution in [3.8, 4) is 17.7 Å². The topological polar surface area (TPSA) is 70.8 Å². The summed E-state index contributed by atoms with van der Waals surface area (Å²) in [5.74, 6) is 2.73. The number of aromatic nitrogens is 2. The van der Waals surface area contributed by atoms with E-state index in [2.05, 4.69) is 28.3 Å². The summed E-state index contributed by atoms with van der Waals surface area (Å²) >= 11 is 0. The molecule has 5 nitrogen and oxygen atoms in total. The SMILES string of the molecule is CCCc1nc(NC)c(C)c(Oc2ccc(C#N)cc2)n1. The summed E-state index contributed by atoms with van der Waals surface area (Å²) in [6, 6.07) is 9.05. The van der Waals surface area contributed by atoms with Gasteiger partial charge >= 0.3 is 0 Å². The number of hydrogen-bond acceptors (Lipinski definition) is 5. The van der Waals surface area contributed by atoms with Gasteiger partial charge in [0.2, 0.25) is 5.88 Å². The lowest BCUT2D eigenvalue weighted by Gasteiger charge is -2.12. The van der Waals surface area contributed by atoms with Crippen LogP contribution in [-0.2, 0) is 6.42 Å². The second-order valence-electron chi connectivity index (χ2n) is 4.66. The molecule has 0 saturated heterocycles. The van der Waals surface area contributed by atoms with Gasteiger partial charge < -0.3 is 10.1 Å². The maximum absolute atomic E-state index is 8.81. The summed E-state index contributed by atoms with van der Waals surface area (Å²) in [5.41, 5.74) is 1.46. The maximum Gasteiger partial charge on any atom is 0.227 e. The Morgan fingerprint density at radius 1 is 1.24 bits per heavy atom. The smallest absolute Gasteiger partial charge is 0.227 e. The number of nitrogens with zero attached hydrogens (tertiary/aromatic N) is 3. The highest BCUT2D eigenvalue weighted by Crippen LogP contribution is 2.27. The number of hydrogen-bond donors (Lipinski definition) is 1. The number of nitriles is 1. The van der Waals surface area contributed by atoms with E-state index in [1.165, 1.54) is 0 Å². The lowest BCUT2D eigenvalue weighted by molar-refractivity contribution is 0.454. The van der Waals surface area contributed by atoms with E-state index >= 15 is 0 Å². The predicted molar refractivity (Wildman–Crippen MR) is 81.5 cm³/mol. The number of nitrogens with one attached hydrogen (secondary N) is 1. The molecular weight excluding hydrogens is 264 g/mol. The van der Waals surface area contributed by atoms with Gasteiger partial charge in [0.05, 0.1) is 17.2 Å². The molecule has 0 aliphatic heterocycles. The Kier molecular flexibility index (Phi) is 4.72. The van der Waals surface area contributed by atoms with Crippen LogP contribution in [0.3, 0.4) is 0 Å². The third kappa shape index (κ3) is 3.48. The van der Waals surface area contributed by atoms with Crippen LogP contribution in [0, 0.1) is 18.3 Å². The van der Waals surface area contributed by atoms with E-state index < -0.39 is 0 Å². The van der Waals surface area contributed by atoms with Gasteiger partial charge in [-0.05, 0) is 37.6 Å². The van der Waals surface area contributed by atoms with Gasteiger partial charge in [0, 0.05) is 13.5 Å². The quantitative estimate of drug-likeness (QED) is 0.909. The molecule has 2 aromatic rings. The summed E-state index contributed by atoms with van der Waals surface area (Å²) in [5, 5.41) is 11.9. The van der Waals surface area contributed by atoms with Crippen molar-refractivity contribution < 1.29 is 4.74 Å². The lowest BCUT2D eigenvalue weighted by Crippen LogP contribution is -2.05. The van der Waals surface area contributed by atoms with Gasteiger partial charge in [-0.15, -0.1) is 0 Å². The minimum Gasteiger partial charge on any atom is -0.439 e. The molecule has 108 valence electrons. The molecule has 0 fully saturated rings. The van der Waals surface area contributed by atoms with Crippen LogP contribution in [0.1, 0.15) is 30.3 Å². The van der Waals surface area contributed by atoms with Gasteiger partial charge in [0.15, 0.2) is 0 Å². The number of ether oxygens (including phenoxy) is 1. The molecule has 1 heterocycles. The van der Waals surface area contributed by atoms with E-state index in [9.17, 15) is 0 Å². The molecule has 0 unspecified atom stereocenters. The van der Waals surface area contributed by atoms with E-state index in [1.54, 1.807) is 24.3 Å². The number of benzene rings is 1. The Bertz CT molecular complexity index is 659. The Morgan fingerprint density at radius 2 is 1.95 bits per heavy atom. The molecule has 2 rings (SSSR count). The summed E-state index contributed by atoms with van der Waals surface area (Å²) in [4.78, 5) is 8.94. The number of aryl methyl sites for hydroxylation is 1. The molecule has 1 N–H and O–H groups in total. The summed E-state index contributed by atoms with van der Waals surface area (Å²) in [6.45, 7) is 4.00. The van der Waals surface area contributed by atoms with Crippen LogP contribution in [0.15, 0.2) is 24.3 Å². The van der Waals surface area contributed by atoms with E-state index in [0.29, 0.717) is 17.2 Å². The molecule has 0 atom stereocenters. The van der Waals surface area contributed by atoms with Crippen LogP contribution in [0.25, 0.3) is 0 Å². The van der Waals surface area contributed by atoms with Crippen molar-refractivity contribution in [2.45, 2.75) is 26.7 Å². The highest BCUT2D eigenvalue weighted by Gasteiger charge is 2.11. The van der Waals surface area contributed by atoms with Crippen molar-refractivity contribution in [2.24, 2.45) is 0 Å². The first-order valence-corrected chi connectivity index (χ1v) is 6.91. The first-order valence-electron chi connectivity index (χ1n) is 6.91. The van der Waals surface area contributed by atoms with Gasteiger partial charge in [0.1, 0.15) is 17.4 Å². The highest BCUT2D eigenvalue weighted by atomic mass is 16.5. The predicted octanol–water partition coefficient (Wildman–Crippen LogP) is 3.44. The molecule has 1 aromatic carbocycles. The monoisotopic (exact) mass is 282 g/mol. The average Bonchev–Trinajstić information content (AvgIpc) is 2.51. The van der Waals surface area contributed by atoms with Gasteiger partial charge in [-0.25, -0.2) is 4.98 Å². The van der Waals surface area contributed by atoms with E-state index in [1.807, 2.05) is 14.0 Å². The Morgan fingerprint density at radius 3 is 2.52 bits per heavy atom. The molecule has 0 saturated carbocycles. The van der Waals surface area contributed by atoms with Crippen LogP contribution in [0.5, 0.6) is 11.6 Å². The van der Waals surface area contributed by atoms with E-state index in [4.69, 9.17) is 10.00 Å². The summed E-state index contributed by atoms with van der Waals surface area (Å²) in [7, 11) is 1.83. The van der Waals surface area contributed by atoms with Gasteiger partial charge in [-0.1, -0.05) is 6.92 Å². The van der Waals surface area contributed by atoms with E-state index in [0.717, 1.165) is 30.0 Å². The Balaban J connectivity index is 2.33. The molecule has 0 bridgehead atoms. The molecule has 0 aliphatic rings. The van der Waals surface area contributed by atoms with Crippen molar-refractivity contribution >= 4 is 5.82 Å². The zero-order chi connectivity index (χ0) is 15.2. The first-order chi connectivity index (χ1) is 10.2. The van der Waals surface area contributed by atoms with Crippen molar-refractivity contribution in [3.63, 3.8) is 0 Å². The summed E-state index contributed by atoms with van der Waals surface area (Å²) < 4.78 is 5.84. The lowest BCUT2D eigenvalue weighted by atomic mass is 10.2. The van der Waals surface area contributed by atoms with E-state index in [-0.39, 0.29) is 0 Å². The van der Waals surface area contributed by atoms with Crippen LogP contribution in [0.4, 0.5) is 5.82 Å². The van der Waals surface area contributed by atoms with Gasteiger partial charge in [-0.2, -0.15) is 10.2 Å². The molecule has 0 amide bonds.